The minimum Gasteiger partial charge on any atom is -0.478 e. The number of hydrogen-bond acceptors (Lipinski definition) is 2. The highest BCUT2D eigenvalue weighted by molar-refractivity contribution is 5.89. The largest absolute Gasteiger partial charge is 0.478 e. The van der Waals surface area contributed by atoms with Crippen LogP contribution in [-0.2, 0) is 12.7 Å². The smallest absolute Gasteiger partial charge is 0.418 e. The number of aromatic nitrogens is 1. The molecule has 1 fully saturated rings. The monoisotopic (exact) mass is 276 g/mol. The van der Waals surface area contributed by atoms with Gasteiger partial charge in [-0.05, 0) is 25.9 Å². The molecular weight excluding hydrogens is 261 g/mol. The van der Waals surface area contributed by atoms with Crippen molar-refractivity contribution in [3.63, 3.8) is 0 Å². The fraction of sp³-hybridized carbons (Fsp3) is 0.583. The molecule has 4 nitrogen and oxygen atoms in total. The third-order valence-electron chi connectivity index (χ3n) is 3.29. The maximum atomic E-state index is 12.7. The van der Waals surface area contributed by atoms with Crippen molar-refractivity contribution in [3.05, 3.63) is 23.5 Å². The standard InChI is InChI=1S/C12H15F3N2O2/c13-12(14,15)10-8-17(7-9(10)11(18)19)6-5-16-3-1-2-4-16/h7-8H,1-6H2,(H,18,19). The van der Waals surface area contributed by atoms with Crippen molar-refractivity contribution < 1.29 is 23.1 Å². The lowest BCUT2D eigenvalue weighted by molar-refractivity contribution is -0.138. The van der Waals surface area contributed by atoms with Gasteiger partial charge in [0.2, 0.25) is 0 Å². The van der Waals surface area contributed by atoms with Crippen LogP contribution in [0.3, 0.4) is 0 Å². The van der Waals surface area contributed by atoms with Crippen molar-refractivity contribution >= 4 is 5.97 Å². The molecule has 7 heteroatoms. The van der Waals surface area contributed by atoms with Crippen molar-refractivity contribution in [2.45, 2.75) is 25.6 Å². The van der Waals surface area contributed by atoms with E-state index in [0.717, 1.165) is 38.3 Å². The van der Waals surface area contributed by atoms with E-state index in [1.807, 2.05) is 0 Å². The highest BCUT2D eigenvalue weighted by atomic mass is 19.4. The van der Waals surface area contributed by atoms with Crippen LogP contribution in [0.4, 0.5) is 13.2 Å². The number of carboxylic acid groups (broad SMARTS) is 1. The molecule has 1 N–H and O–H groups in total. The third-order valence-corrected chi connectivity index (χ3v) is 3.29. The molecule has 1 aliphatic heterocycles. The number of nitrogens with zero attached hydrogens (tertiary/aromatic N) is 2. The van der Waals surface area contributed by atoms with Gasteiger partial charge in [0.1, 0.15) is 0 Å². The Labute approximate surface area is 108 Å². The summed E-state index contributed by atoms with van der Waals surface area (Å²) >= 11 is 0. The number of likely N-dealkylation sites (tertiary alicyclic amines) is 1. The van der Waals surface area contributed by atoms with Crippen molar-refractivity contribution in [2.75, 3.05) is 19.6 Å². The molecule has 0 aromatic carbocycles. The van der Waals surface area contributed by atoms with Crippen molar-refractivity contribution in [3.8, 4) is 0 Å². The van der Waals surface area contributed by atoms with Gasteiger partial charge in [0.15, 0.2) is 0 Å². The molecule has 2 heterocycles. The lowest BCUT2D eigenvalue weighted by Gasteiger charge is -2.14. The topological polar surface area (TPSA) is 45.5 Å². The van der Waals surface area contributed by atoms with E-state index in [9.17, 15) is 18.0 Å². The lowest BCUT2D eigenvalue weighted by Crippen LogP contribution is -2.23. The first-order chi connectivity index (χ1) is 8.88. The fourth-order valence-electron chi connectivity index (χ4n) is 2.30. The summed E-state index contributed by atoms with van der Waals surface area (Å²) in [5, 5.41) is 8.80. The molecular formula is C12H15F3N2O2. The van der Waals surface area contributed by atoms with Crippen molar-refractivity contribution in [1.82, 2.24) is 9.47 Å². The molecule has 1 aromatic heterocycles. The molecule has 0 amide bonds. The number of carbonyl (C=O) groups is 1. The van der Waals surface area contributed by atoms with Crippen LogP contribution in [0.1, 0.15) is 28.8 Å². The summed E-state index contributed by atoms with van der Waals surface area (Å²) in [6.45, 7) is 2.93. The van der Waals surface area contributed by atoms with Gasteiger partial charge in [0.25, 0.3) is 0 Å². The first-order valence-electron chi connectivity index (χ1n) is 6.10. The van der Waals surface area contributed by atoms with Gasteiger partial charge in [-0.1, -0.05) is 0 Å². The molecule has 0 saturated carbocycles. The van der Waals surface area contributed by atoms with E-state index in [1.54, 1.807) is 0 Å². The van der Waals surface area contributed by atoms with Crippen LogP contribution in [0.5, 0.6) is 0 Å². The second-order valence-corrected chi connectivity index (χ2v) is 4.68. The Morgan fingerprint density at radius 3 is 2.32 bits per heavy atom. The van der Waals surface area contributed by atoms with Crippen LogP contribution in [0.25, 0.3) is 0 Å². The zero-order chi connectivity index (χ0) is 14.0. The summed E-state index contributed by atoms with van der Waals surface area (Å²) in [4.78, 5) is 13.0. The second kappa shape index (κ2) is 5.24. The molecule has 1 saturated heterocycles. The minimum absolute atomic E-state index is 0.371. The normalized spacial score (nSPS) is 17.0. The van der Waals surface area contributed by atoms with Crippen LogP contribution in [0.15, 0.2) is 12.4 Å². The summed E-state index contributed by atoms with van der Waals surface area (Å²) in [5.74, 6) is -1.55. The molecule has 0 atom stereocenters. The molecule has 0 unspecified atom stereocenters. The molecule has 19 heavy (non-hydrogen) atoms. The maximum absolute atomic E-state index is 12.7. The van der Waals surface area contributed by atoms with E-state index in [-0.39, 0.29) is 0 Å². The number of hydrogen-bond donors (Lipinski definition) is 1. The van der Waals surface area contributed by atoms with Crippen LogP contribution in [0, 0.1) is 0 Å². The van der Waals surface area contributed by atoms with Gasteiger partial charge in [0.05, 0.1) is 11.1 Å². The first-order valence-corrected chi connectivity index (χ1v) is 6.10. The van der Waals surface area contributed by atoms with Gasteiger partial charge in [-0.3, -0.25) is 0 Å². The average Bonchev–Trinajstić information content (AvgIpc) is 2.94. The second-order valence-electron chi connectivity index (χ2n) is 4.68. The Hall–Kier alpha value is -1.50. The highest BCUT2D eigenvalue weighted by Gasteiger charge is 2.36. The average molecular weight is 276 g/mol. The molecule has 0 bridgehead atoms. The highest BCUT2D eigenvalue weighted by Crippen LogP contribution is 2.32. The number of halogens is 3. The molecule has 1 aliphatic rings. The fourth-order valence-corrected chi connectivity index (χ4v) is 2.30. The van der Waals surface area contributed by atoms with Crippen LogP contribution in [0.2, 0.25) is 0 Å². The Kier molecular flexibility index (Phi) is 3.84. The van der Waals surface area contributed by atoms with E-state index in [0.29, 0.717) is 13.1 Å². The van der Waals surface area contributed by atoms with E-state index >= 15 is 0 Å². The summed E-state index contributed by atoms with van der Waals surface area (Å²) in [6, 6.07) is 0. The SMILES string of the molecule is O=C(O)c1cn(CCN2CCCC2)cc1C(F)(F)F. The van der Waals surface area contributed by atoms with Gasteiger partial charge in [-0.2, -0.15) is 13.2 Å². The first kappa shape index (κ1) is 13.9. The molecule has 1 aromatic rings. The predicted octanol–water partition coefficient (Wildman–Crippen LogP) is 2.30. The minimum atomic E-state index is -4.63. The Morgan fingerprint density at radius 2 is 1.84 bits per heavy atom. The molecule has 0 spiro atoms. The van der Waals surface area contributed by atoms with E-state index < -0.39 is 23.3 Å². The van der Waals surface area contributed by atoms with Crippen LogP contribution >= 0.6 is 0 Å². The molecule has 0 aliphatic carbocycles. The number of alkyl halides is 3. The molecule has 106 valence electrons. The summed E-state index contributed by atoms with van der Waals surface area (Å²) in [5.41, 5.74) is -1.77. The number of rotatable bonds is 4. The van der Waals surface area contributed by atoms with E-state index in [2.05, 4.69) is 4.90 Å². The predicted molar refractivity (Wildman–Crippen MR) is 62.1 cm³/mol. The number of aromatic carboxylic acids is 1. The van der Waals surface area contributed by atoms with Crippen molar-refractivity contribution in [1.29, 1.82) is 0 Å². The van der Waals surface area contributed by atoms with Gasteiger partial charge in [0, 0.05) is 25.5 Å². The quantitative estimate of drug-likeness (QED) is 0.917. The third kappa shape index (κ3) is 3.28. The van der Waals surface area contributed by atoms with Crippen LogP contribution in [-0.4, -0.2) is 40.2 Å². The maximum Gasteiger partial charge on any atom is 0.418 e. The molecule has 0 radical (unpaired) electrons. The van der Waals surface area contributed by atoms with E-state index in [1.165, 1.54) is 4.57 Å². The van der Waals surface area contributed by atoms with E-state index in [4.69, 9.17) is 5.11 Å². The molecule has 2 rings (SSSR count). The van der Waals surface area contributed by atoms with Gasteiger partial charge < -0.3 is 14.6 Å². The number of carboxylic acids is 1. The summed E-state index contributed by atoms with van der Waals surface area (Å²) in [7, 11) is 0. The van der Waals surface area contributed by atoms with Crippen LogP contribution < -0.4 is 0 Å². The Bertz CT molecular complexity index is 462. The zero-order valence-electron chi connectivity index (χ0n) is 10.3. The summed E-state index contributed by atoms with van der Waals surface area (Å²) < 4.78 is 39.3. The van der Waals surface area contributed by atoms with Gasteiger partial charge in [-0.25, -0.2) is 4.79 Å². The van der Waals surface area contributed by atoms with Gasteiger partial charge >= 0.3 is 12.1 Å². The Morgan fingerprint density at radius 1 is 1.21 bits per heavy atom. The lowest BCUT2D eigenvalue weighted by atomic mass is 10.2. The summed E-state index contributed by atoms with van der Waals surface area (Å²) in [6.07, 6.45) is -0.479. The Balaban J connectivity index is 2.11. The van der Waals surface area contributed by atoms with Gasteiger partial charge in [-0.15, -0.1) is 0 Å². The zero-order valence-corrected chi connectivity index (χ0v) is 10.3. The van der Waals surface area contributed by atoms with Crippen molar-refractivity contribution in [2.24, 2.45) is 0 Å².